The fourth-order valence-electron chi connectivity index (χ4n) is 4.39. The van der Waals surface area contributed by atoms with Crippen molar-refractivity contribution >= 4 is 15.9 Å². The first kappa shape index (κ1) is 20.3. The van der Waals surface area contributed by atoms with Gasteiger partial charge in [0.15, 0.2) is 0 Å². The van der Waals surface area contributed by atoms with E-state index in [4.69, 9.17) is 0 Å². The second kappa shape index (κ2) is 8.28. The Morgan fingerprint density at radius 1 is 1.22 bits per heavy atom. The van der Waals surface area contributed by atoms with E-state index in [2.05, 4.69) is 15.5 Å². The third kappa shape index (κ3) is 4.20. The van der Waals surface area contributed by atoms with Gasteiger partial charge in [-0.3, -0.25) is 9.89 Å². The zero-order chi connectivity index (χ0) is 19.6. The largest absolute Gasteiger partial charge is 0.342 e. The van der Waals surface area contributed by atoms with Crippen LogP contribution in [0.2, 0.25) is 0 Å². The lowest BCUT2D eigenvalue weighted by atomic mass is 9.93. The van der Waals surface area contributed by atoms with Gasteiger partial charge < -0.3 is 10.2 Å². The van der Waals surface area contributed by atoms with Gasteiger partial charge in [0.05, 0.1) is 17.3 Å². The molecule has 2 saturated heterocycles. The second-order valence-electron chi connectivity index (χ2n) is 7.82. The molecule has 2 fully saturated rings. The predicted molar refractivity (Wildman–Crippen MR) is 103 cm³/mol. The van der Waals surface area contributed by atoms with Crippen molar-refractivity contribution in [3.8, 4) is 0 Å². The Balaban J connectivity index is 1.71. The van der Waals surface area contributed by atoms with Gasteiger partial charge >= 0.3 is 0 Å². The first-order chi connectivity index (χ1) is 12.8. The lowest BCUT2D eigenvalue weighted by molar-refractivity contribution is -0.138. The molecule has 2 aliphatic rings. The number of carbonyl (C=O) groups is 1. The van der Waals surface area contributed by atoms with Crippen LogP contribution in [0.15, 0.2) is 4.90 Å². The van der Waals surface area contributed by atoms with Gasteiger partial charge in [-0.05, 0) is 59.0 Å². The molecule has 0 bridgehead atoms. The van der Waals surface area contributed by atoms with Gasteiger partial charge in [-0.2, -0.15) is 9.40 Å². The van der Waals surface area contributed by atoms with Crippen LogP contribution in [0.1, 0.15) is 37.1 Å². The zero-order valence-electron chi connectivity index (χ0n) is 16.5. The number of nitrogens with zero attached hydrogens (tertiary/aromatic N) is 3. The van der Waals surface area contributed by atoms with E-state index in [0.29, 0.717) is 30.3 Å². The molecule has 0 spiro atoms. The number of amides is 1. The van der Waals surface area contributed by atoms with Gasteiger partial charge in [-0.25, -0.2) is 8.42 Å². The standard InChI is InChI=1S/C18H31N5O3S/c1-13-17(14(2)21-20-13)27(25,26)23-9-5-7-16(12-23)18(24)22-8-4-6-15(11-22)10-19-3/h15-16,19H,4-12H2,1-3H3,(H,20,21). The SMILES string of the molecule is CNCC1CCCN(C(=O)C2CCCN(S(=O)(=O)c3c(C)n[nH]c3C)C2)C1. The second-order valence-corrected chi connectivity index (χ2v) is 9.69. The van der Waals surface area contributed by atoms with Gasteiger partial charge in [0.25, 0.3) is 0 Å². The molecular formula is C18H31N5O3S. The van der Waals surface area contributed by atoms with Crippen LogP contribution in [0.4, 0.5) is 0 Å². The lowest BCUT2D eigenvalue weighted by Gasteiger charge is -2.38. The summed E-state index contributed by atoms with van der Waals surface area (Å²) in [5, 5.41) is 9.96. The van der Waals surface area contributed by atoms with E-state index in [-0.39, 0.29) is 23.3 Å². The maximum Gasteiger partial charge on any atom is 0.246 e. The number of H-pyrrole nitrogens is 1. The molecule has 1 amide bonds. The molecule has 9 heteroatoms. The van der Waals surface area contributed by atoms with Gasteiger partial charge in [0.2, 0.25) is 15.9 Å². The van der Waals surface area contributed by atoms with Crippen LogP contribution in [0.25, 0.3) is 0 Å². The quantitative estimate of drug-likeness (QED) is 0.769. The van der Waals surface area contributed by atoms with E-state index in [1.165, 1.54) is 4.31 Å². The van der Waals surface area contributed by atoms with Crippen molar-refractivity contribution in [2.24, 2.45) is 11.8 Å². The van der Waals surface area contributed by atoms with E-state index >= 15 is 0 Å². The molecule has 3 rings (SSSR count). The molecule has 27 heavy (non-hydrogen) atoms. The van der Waals surface area contributed by atoms with E-state index in [9.17, 15) is 13.2 Å². The Labute approximate surface area is 161 Å². The number of hydrogen-bond donors (Lipinski definition) is 2. The van der Waals surface area contributed by atoms with Gasteiger partial charge in [-0.15, -0.1) is 0 Å². The molecule has 3 heterocycles. The van der Waals surface area contributed by atoms with E-state index in [1.54, 1.807) is 13.8 Å². The average Bonchev–Trinajstić information content (AvgIpc) is 3.01. The normalized spacial score (nSPS) is 24.9. The van der Waals surface area contributed by atoms with Crippen molar-refractivity contribution in [2.45, 2.75) is 44.4 Å². The molecule has 2 aliphatic heterocycles. The number of piperidine rings is 2. The molecule has 0 aromatic carbocycles. The zero-order valence-corrected chi connectivity index (χ0v) is 17.3. The molecule has 1 aromatic heterocycles. The van der Waals surface area contributed by atoms with Crippen molar-refractivity contribution in [3.05, 3.63) is 11.4 Å². The number of likely N-dealkylation sites (tertiary alicyclic amines) is 1. The fourth-order valence-corrected chi connectivity index (χ4v) is 6.25. The molecule has 8 nitrogen and oxygen atoms in total. The highest BCUT2D eigenvalue weighted by molar-refractivity contribution is 7.89. The topological polar surface area (TPSA) is 98.4 Å². The molecule has 0 saturated carbocycles. The number of rotatable bonds is 5. The Kier molecular flexibility index (Phi) is 6.22. The van der Waals surface area contributed by atoms with Crippen LogP contribution < -0.4 is 5.32 Å². The monoisotopic (exact) mass is 397 g/mol. The molecule has 2 atom stereocenters. The summed E-state index contributed by atoms with van der Waals surface area (Å²) in [6.45, 7) is 6.59. The fraction of sp³-hybridized carbons (Fsp3) is 0.778. The lowest BCUT2D eigenvalue weighted by Crippen LogP contribution is -2.50. The van der Waals surface area contributed by atoms with E-state index in [0.717, 1.165) is 38.9 Å². The summed E-state index contributed by atoms with van der Waals surface area (Å²) in [5.74, 6) is 0.332. The maximum absolute atomic E-state index is 13.1. The third-order valence-corrected chi connectivity index (χ3v) is 7.84. The summed E-state index contributed by atoms with van der Waals surface area (Å²) >= 11 is 0. The van der Waals surface area contributed by atoms with Crippen LogP contribution in [0.3, 0.4) is 0 Å². The van der Waals surface area contributed by atoms with Crippen LogP contribution in [0.5, 0.6) is 0 Å². The summed E-state index contributed by atoms with van der Waals surface area (Å²) < 4.78 is 27.7. The number of sulfonamides is 1. The Morgan fingerprint density at radius 3 is 2.63 bits per heavy atom. The van der Waals surface area contributed by atoms with Crippen molar-refractivity contribution in [1.29, 1.82) is 0 Å². The smallest absolute Gasteiger partial charge is 0.246 e. The van der Waals surface area contributed by atoms with Crippen molar-refractivity contribution in [1.82, 2.24) is 24.7 Å². The number of nitrogens with one attached hydrogen (secondary N) is 2. The first-order valence-corrected chi connectivity index (χ1v) is 11.2. The molecule has 2 unspecified atom stereocenters. The highest BCUT2D eigenvalue weighted by Gasteiger charge is 2.37. The van der Waals surface area contributed by atoms with Gasteiger partial charge in [0, 0.05) is 26.2 Å². The van der Waals surface area contributed by atoms with Gasteiger partial charge in [-0.1, -0.05) is 0 Å². The summed E-state index contributed by atoms with van der Waals surface area (Å²) in [6, 6.07) is 0. The molecule has 152 valence electrons. The van der Waals surface area contributed by atoms with Crippen molar-refractivity contribution < 1.29 is 13.2 Å². The van der Waals surface area contributed by atoms with Crippen LogP contribution >= 0.6 is 0 Å². The molecule has 0 radical (unpaired) electrons. The van der Waals surface area contributed by atoms with E-state index < -0.39 is 10.0 Å². The highest BCUT2D eigenvalue weighted by Crippen LogP contribution is 2.28. The highest BCUT2D eigenvalue weighted by atomic mass is 32.2. The van der Waals surface area contributed by atoms with Gasteiger partial charge in [0.1, 0.15) is 4.90 Å². The number of aromatic nitrogens is 2. The maximum atomic E-state index is 13.1. The number of aryl methyl sites for hydroxylation is 2. The minimum atomic E-state index is -3.64. The average molecular weight is 398 g/mol. The number of aromatic amines is 1. The number of carbonyl (C=O) groups excluding carboxylic acids is 1. The summed E-state index contributed by atoms with van der Waals surface area (Å²) in [4.78, 5) is 15.3. The molecular weight excluding hydrogens is 366 g/mol. The molecule has 0 aliphatic carbocycles. The Hall–Kier alpha value is -1.45. The Bertz CT molecular complexity index is 754. The Morgan fingerprint density at radius 2 is 1.96 bits per heavy atom. The predicted octanol–water partition coefficient (Wildman–Crippen LogP) is 0.885. The van der Waals surface area contributed by atoms with E-state index in [1.807, 2.05) is 11.9 Å². The first-order valence-electron chi connectivity index (χ1n) is 9.79. The van der Waals surface area contributed by atoms with Crippen LogP contribution in [-0.4, -0.2) is 73.5 Å². The summed E-state index contributed by atoms with van der Waals surface area (Å²) in [7, 11) is -1.70. The van der Waals surface area contributed by atoms with Crippen LogP contribution in [0, 0.1) is 25.7 Å². The minimum Gasteiger partial charge on any atom is -0.342 e. The number of hydrogen-bond acceptors (Lipinski definition) is 5. The van der Waals surface area contributed by atoms with Crippen molar-refractivity contribution in [2.75, 3.05) is 39.8 Å². The molecule has 1 aromatic rings. The summed E-state index contributed by atoms with van der Waals surface area (Å²) in [6.07, 6.45) is 3.61. The molecule has 2 N–H and O–H groups in total. The van der Waals surface area contributed by atoms with Crippen molar-refractivity contribution in [3.63, 3.8) is 0 Å². The van der Waals surface area contributed by atoms with Crippen LogP contribution in [-0.2, 0) is 14.8 Å². The summed E-state index contributed by atoms with van der Waals surface area (Å²) in [5.41, 5.74) is 1.03. The minimum absolute atomic E-state index is 0.108. The third-order valence-electron chi connectivity index (χ3n) is 5.72.